The minimum Gasteiger partial charge on any atom is -0.285 e. The second-order valence-electron chi connectivity index (χ2n) is 3.50. The molecule has 0 atom stereocenters. The van der Waals surface area contributed by atoms with Crippen molar-refractivity contribution >= 4 is 0 Å². The number of rotatable bonds is 2. The van der Waals surface area contributed by atoms with Crippen LogP contribution in [-0.2, 0) is 0 Å². The summed E-state index contributed by atoms with van der Waals surface area (Å²) in [5.41, 5.74) is 4.10. The van der Waals surface area contributed by atoms with E-state index in [-0.39, 0.29) is 0 Å². The molecule has 0 aliphatic heterocycles. The Bertz CT molecular complexity index is 496. The molecule has 0 aliphatic carbocycles. The van der Waals surface area contributed by atoms with Crippen LogP contribution in [0.3, 0.4) is 0 Å². The molecule has 0 saturated heterocycles. The van der Waals surface area contributed by atoms with Gasteiger partial charge in [0.05, 0.1) is 11.4 Å². The highest BCUT2D eigenvalue weighted by molar-refractivity contribution is 5.66. The van der Waals surface area contributed by atoms with E-state index in [9.17, 15) is 0 Å². The van der Waals surface area contributed by atoms with Crippen LogP contribution in [0.15, 0.2) is 48.8 Å². The van der Waals surface area contributed by atoms with E-state index < -0.39 is 0 Å². The average Bonchev–Trinajstić information content (AvgIpc) is 3.03. The van der Waals surface area contributed by atoms with Gasteiger partial charge in [-0.25, -0.2) is 0 Å². The van der Waals surface area contributed by atoms with E-state index in [1.165, 1.54) is 0 Å². The van der Waals surface area contributed by atoms with Gasteiger partial charge in [-0.1, -0.05) is 24.3 Å². The lowest BCUT2D eigenvalue weighted by molar-refractivity contribution is 1.09. The lowest BCUT2D eigenvalue weighted by Crippen LogP contribution is -1.80. The lowest BCUT2D eigenvalue weighted by atomic mass is 10.1. The number of nitrogens with one attached hydrogen (secondary N) is 2. The minimum atomic E-state index is 0.952. The summed E-state index contributed by atoms with van der Waals surface area (Å²) in [6.45, 7) is 0. The van der Waals surface area contributed by atoms with Gasteiger partial charge in [-0.3, -0.25) is 10.2 Å². The Labute approximate surface area is 92.3 Å². The predicted molar refractivity (Wildman–Crippen MR) is 61.6 cm³/mol. The number of benzene rings is 1. The molecule has 2 heterocycles. The quantitative estimate of drug-likeness (QED) is 0.682. The average molecular weight is 210 g/mol. The number of hydrogen-bond acceptors (Lipinski definition) is 2. The maximum atomic E-state index is 4.13. The molecule has 3 aromatic rings. The number of hydrogen-bond donors (Lipinski definition) is 2. The van der Waals surface area contributed by atoms with Gasteiger partial charge in [0.1, 0.15) is 0 Å². The number of H-pyrrole nitrogens is 2. The summed E-state index contributed by atoms with van der Waals surface area (Å²) in [4.78, 5) is 0. The monoisotopic (exact) mass is 210 g/mol. The zero-order valence-corrected chi connectivity index (χ0v) is 8.51. The Balaban J connectivity index is 1.97. The van der Waals surface area contributed by atoms with E-state index in [0.717, 1.165) is 22.5 Å². The Hall–Kier alpha value is -2.36. The molecule has 0 bridgehead atoms. The fourth-order valence-electron chi connectivity index (χ4n) is 1.65. The molecule has 2 aromatic heterocycles. The summed E-state index contributed by atoms with van der Waals surface area (Å²) in [6, 6.07) is 12.1. The molecule has 3 rings (SSSR count). The van der Waals surface area contributed by atoms with Gasteiger partial charge in [0.15, 0.2) is 0 Å². The maximum absolute atomic E-state index is 4.13. The molecular formula is C12H10N4. The predicted octanol–water partition coefficient (Wildman–Crippen LogP) is 2.47. The third-order valence-electron chi connectivity index (χ3n) is 2.48. The summed E-state index contributed by atoms with van der Waals surface area (Å²) in [5, 5.41) is 13.9. The highest BCUT2D eigenvalue weighted by Crippen LogP contribution is 2.21. The summed E-state index contributed by atoms with van der Waals surface area (Å²) in [5.74, 6) is 0. The van der Waals surface area contributed by atoms with Crippen molar-refractivity contribution in [2.75, 3.05) is 0 Å². The fourth-order valence-corrected chi connectivity index (χ4v) is 1.65. The van der Waals surface area contributed by atoms with E-state index in [1.54, 1.807) is 0 Å². The van der Waals surface area contributed by atoms with E-state index in [1.807, 2.05) is 48.8 Å². The number of nitrogens with zero attached hydrogens (tertiary/aromatic N) is 2. The smallest absolute Gasteiger partial charge is 0.0920 e. The molecule has 0 unspecified atom stereocenters. The van der Waals surface area contributed by atoms with E-state index >= 15 is 0 Å². The summed E-state index contributed by atoms with van der Waals surface area (Å²) >= 11 is 0. The molecular weight excluding hydrogens is 200 g/mol. The van der Waals surface area contributed by atoms with E-state index in [0.29, 0.717) is 0 Å². The summed E-state index contributed by atoms with van der Waals surface area (Å²) < 4.78 is 0. The van der Waals surface area contributed by atoms with E-state index in [2.05, 4.69) is 20.4 Å². The molecule has 1 aromatic carbocycles. The molecule has 0 aliphatic rings. The van der Waals surface area contributed by atoms with E-state index in [4.69, 9.17) is 0 Å². The zero-order valence-electron chi connectivity index (χ0n) is 8.51. The van der Waals surface area contributed by atoms with Gasteiger partial charge in [0, 0.05) is 23.5 Å². The standard InChI is InChI=1S/C12H10N4/c1-2-10(12-6-8-14-16-12)4-3-9(1)11-5-7-13-15-11/h1-8H,(H,13,15)(H,14,16). The van der Waals surface area contributed by atoms with Gasteiger partial charge >= 0.3 is 0 Å². The van der Waals surface area contributed by atoms with Crippen molar-refractivity contribution in [1.29, 1.82) is 0 Å². The first kappa shape index (κ1) is 8.91. The molecule has 16 heavy (non-hydrogen) atoms. The Morgan fingerprint density at radius 1 is 0.625 bits per heavy atom. The Morgan fingerprint density at radius 3 is 1.38 bits per heavy atom. The van der Waals surface area contributed by atoms with Crippen LogP contribution in [0.25, 0.3) is 22.5 Å². The van der Waals surface area contributed by atoms with Crippen LogP contribution in [0, 0.1) is 0 Å². The van der Waals surface area contributed by atoms with Crippen LogP contribution in [0.4, 0.5) is 0 Å². The van der Waals surface area contributed by atoms with Gasteiger partial charge in [0.2, 0.25) is 0 Å². The first-order valence-corrected chi connectivity index (χ1v) is 5.04. The first-order chi connectivity index (χ1) is 7.93. The molecule has 2 N–H and O–H groups in total. The maximum Gasteiger partial charge on any atom is 0.0920 e. The highest BCUT2D eigenvalue weighted by Gasteiger charge is 2.02. The van der Waals surface area contributed by atoms with Crippen molar-refractivity contribution in [2.45, 2.75) is 0 Å². The Morgan fingerprint density at radius 2 is 1.06 bits per heavy atom. The number of aromatic nitrogens is 4. The van der Waals surface area contributed by atoms with Gasteiger partial charge in [-0.15, -0.1) is 0 Å². The SMILES string of the molecule is c1cc(-c2ccc(-c3cc[nH]n3)cc2)n[nH]1. The molecule has 0 fully saturated rings. The summed E-state index contributed by atoms with van der Waals surface area (Å²) in [7, 11) is 0. The van der Waals surface area contributed by atoms with Crippen LogP contribution in [-0.4, -0.2) is 20.4 Å². The fraction of sp³-hybridized carbons (Fsp3) is 0. The van der Waals surface area contributed by atoms with Gasteiger partial charge in [0.25, 0.3) is 0 Å². The molecule has 4 heteroatoms. The molecule has 0 radical (unpaired) electrons. The van der Waals surface area contributed by atoms with Crippen molar-refractivity contribution in [3.63, 3.8) is 0 Å². The van der Waals surface area contributed by atoms with Gasteiger partial charge < -0.3 is 0 Å². The normalized spacial score (nSPS) is 10.5. The Kier molecular flexibility index (Phi) is 2.04. The van der Waals surface area contributed by atoms with Crippen molar-refractivity contribution in [3.8, 4) is 22.5 Å². The summed E-state index contributed by atoms with van der Waals surface area (Å²) in [6.07, 6.45) is 3.63. The second kappa shape index (κ2) is 3.66. The van der Waals surface area contributed by atoms with Crippen molar-refractivity contribution < 1.29 is 0 Å². The van der Waals surface area contributed by atoms with Crippen molar-refractivity contribution in [1.82, 2.24) is 20.4 Å². The van der Waals surface area contributed by atoms with Crippen LogP contribution in [0.2, 0.25) is 0 Å². The van der Waals surface area contributed by atoms with Crippen LogP contribution in [0.5, 0.6) is 0 Å². The van der Waals surface area contributed by atoms with Crippen LogP contribution < -0.4 is 0 Å². The second-order valence-corrected chi connectivity index (χ2v) is 3.50. The molecule has 0 saturated carbocycles. The minimum absolute atomic E-state index is 0.952. The molecule has 0 spiro atoms. The van der Waals surface area contributed by atoms with Gasteiger partial charge in [-0.05, 0) is 12.1 Å². The van der Waals surface area contributed by atoms with Crippen molar-refractivity contribution in [2.24, 2.45) is 0 Å². The third-order valence-corrected chi connectivity index (χ3v) is 2.48. The lowest BCUT2D eigenvalue weighted by Gasteiger charge is -1.98. The highest BCUT2D eigenvalue weighted by atomic mass is 15.1. The number of aromatic amines is 2. The van der Waals surface area contributed by atoms with Gasteiger partial charge in [-0.2, -0.15) is 10.2 Å². The molecule has 0 amide bonds. The topological polar surface area (TPSA) is 57.4 Å². The first-order valence-electron chi connectivity index (χ1n) is 5.04. The zero-order chi connectivity index (χ0) is 10.8. The van der Waals surface area contributed by atoms with Crippen LogP contribution in [0.1, 0.15) is 0 Å². The van der Waals surface area contributed by atoms with Crippen LogP contribution >= 0.6 is 0 Å². The third kappa shape index (κ3) is 1.50. The van der Waals surface area contributed by atoms with Crippen molar-refractivity contribution in [3.05, 3.63) is 48.8 Å². The largest absolute Gasteiger partial charge is 0.285 e. The molecule has 4 nitrogen and oxygen atoms in total. The molecule has 78 valence electrons.